The summed E-state index contributed by atoms with van der Waals surface area (Å²) in [5, 5.41) is 2.09. The lowest BCUT2D eigenvalue weighted by molar-refractivity contribution is -0.136. The van der Waals surface area contributed by atoms with Crippen LogP contribution >= 0.6 is 0 Å². The average molecular weight is 436 g/mol. The van der Waals surface area contributed by atoms with Crippen molar-refractivity contribution in [3.05, 3.63) is 48.5 Å². The van der Waals surface area contributed by atoms with Gasteiger partial charge in [-0.3, -0.25) is 4.79 Å². The van der Waals surface area contributed by atoms with Crippen LogP contribution in [0.3, 0.4) is 0 Å². The normalized spacial score (nSPS) is 14.3. The molecule has 0 aliphatic carbocycles. The highest BCUT2D eigenvalue weighted by molar-refractivity contribution is 6.00. The minimum absolute atomic E-state index is 0.0199. The van der Waals surface area contributed by atoms with E-state index in [9.17, 15) is 4.79 Å². The van der Waals surface area contributed by atoms with Crippen LogP contribution in [0.4, 0.5) is 0 Å². The molecule has 0 bridgehead atoms. The summed E-state index contributed by atoms with van der Waals surface area (Å²) in [4.78, 5) is 14.8. The first-order valence-electron chi connectivity index (χ1n) is 10.8. The van der Waals surface area contributed by atoms with Gasteiger partial charge in [0.05, 0.1) is 21.3 Å². The zero-order valence-corrected chi connectivity index (χ0v) is 19.0. The molecule has 1 aliphatic heterocycles. The van der Waals surface area contributed by atoms with Gasteiger partial charge in [-0.25, -0.2) is 0 Å². The molecular weight excluding hydrogens is 406 g/mol. The second kappa shape index (κ2) is 9.39. The van der Waals surface area contributed by atoms with Gasteiger partial charge in [0.25, 0.3) is 5.91 Å². The number of ether oxygens (including phenoxy) is 4. The van der Waals surface area contributed by atoms with Crippen molar-refractivity contribution >= 4 is 16.7 Å². The van der Waals surface area contributed by atoms with Crippen LogP contribution < -0.4 is 18.9 Å². The van der Waals surface area contributed by atoms with Gasteiger partial charge >= 0.3 is 0 Å². The number of amides is 1. The van der Waals surface area contributed by atoms with Crippen molar-refractivity contribution in [2.24, 2.45) is 0 Å². The summed E-state index contributed by atoms with van der Waals surface area (Å²) < 4.78 is 22.9. The topological polar surface area (TPSA) is 57.2 Å². The largest absolute Gasteiger partial charge is 0.493 e. The standard InChI is InChI=1S/C26H29NO5/c1-17(26(28)27-13-7-8-14-27)32-21-12-11-18-9-5-6-10-20(18)24(21)19-15-22(29-2)25(31-4)23(16-19)30-3/h5-6,9-12,15-17H,7-8,13-14H2,1-4H3. The summed E-state index contributed by atoms with van der Waals surface area (Å²) in [7, 11) is 4.77. The first kappa shape index (κ1) is 21.8. The molecule has 0 N–H and O–H groups in total. The van der Waals surface area contributed by atoms with Crippen LogP contribution in [0.15, 0.2) is 48.5 Å². The second-order valence-electron chi connectivity index (χ2n) is 7.87. The Morgan fingerprint density at radius 1 is 0.875 bits per heavy atom. The molecule has 6 nitrogen and oxygen atoms in total. The Kier molecular flexibility index (Phi) is 6.40. The van der Waals surface area contributed by atoms with Crippen molar-refractivity contribution in [2.45, 2.75) is 25.9 Å². The minimum atomic E-state index is -0.588. The highest BCUT2D eigenvalue weighted by atomic mass is 16.5. The summed E-state index contributed by atoms with van der Waals surface area (Å²) in [5.41, 5.74) is 1.73. The summed E-state index contributed by atoms with van der Waals surface area (Å²) in [5.74, 6) is 2.30. The fourth-order valence-electron chi connectivity index (χ4n) is 4.31. The Morgan fingerprint density at radius 3 is 2.16 bits per heavy atom. The summed E-state index contributed by atoms with van der Waals surface area (Å²) in [6, 6.07) is 15.8. The van der Waals surface area contributed by atoms with Gasteiger partial charge in [0.1, 0.15) is 5.75 Å². The van der Waals surface area contributed by atoms with Gasteiger partial charge < -0.3 is 23.8 Å². The molecule has 0 aromatic heterocycles. The number of nitrogens with zero attached hydrogens (tertiary/aromatic N) is 1. The Bertz CT molecular complexity index is 1100. The van der Waals surface area contributed by atoms with Gasteiger partial charge in [-0.05, 0) is 54.3 Å². The Hall–Kier alpha value is -3.41. The van der Waals surface area contributed by atoms with Crippen molar-refractivity contribution in [3.63, 3.8) is 0 Å². The van der Waals surface area contributed by atoms with Crippen LogP contribution in [0.1, 0.15) is 19.8 Å². The molecule has 1 heterocycles. The van der Waals surface area contributed by atoms with Gasteiger partial charge in [-0.2, -0.15) is 0 Å². The van der Waals surface area contributed by atoms with Crippen LogP contribution in [0.2, 0.25) is 0 Å². The number of carbonyl (C=O) groups is 1. The molecule has 1 unspecified atom stereocenters. The maximum absolute atomic E-state index is 12.9. The molecule has 1 atom stereocenters. The molecule has 32 heavy (non-hydrogen) atoms. The van der Waals surface area contributed by atoms with Gasteiger partial charge in [0.2, 0.25) is 5.75 Å². The molecule has 6 heteroatoms. The van der Waals surface area contributed by atoms with E-state index in [0.29, 0.717) is 23.0 Å². The van der Waals surface area contributed by atoms with Gasteiger partial charge in [-0.15, -0.1) is 0 Å². The average Bonchev–Trinajstić information content (AvgIpc) is 3.37. The smallest absolute Gasteiger partial charge is 0.263 e. The van der Waals surface area contributed by atoms with Gasteiger partial charge in [-0.1, -0.05) is 30.3 Å². The summed E-state index contributed by atoms with van der Waals surface area (Å²) in [6.45, 7) is 3.41. The van der Waals surface area contributed by atoms with Crippen LogP contribution in [-0.2, 0) is 4.79 Å². The van der Waals surface area contributed by atoms with Crippen molar-refractivity contribution in [2.75, 3.05) is 34.4 Å². The first-order chi connectivity index (χ1) is 15.6. The number of methoxy groups -OCH3 is 3. The number of rotatable bonds is 7. The Balaban J connectivity index is 1.83. The molecule has 4 rings (SSSR count). The quantitative estimate of drug-likeness (QED) is 0.527. The van der Waals surface area contributed by atoms with Crippen LogP contribution in [0, 0.1) is 0 Å². The Morgan fingerprint density at radius 2 is 1.53 bits per heavy atom. The summed E-state index contributed by atoms with van der Waals surface area (Å²) >= 11 is 0. The number of likely N-dealkylation sites (tertiary alicyclic amines) is 1. The highest BCUT2D eigenvalue weighted by Crippen LogP contribution is 2.45. The van der Waals surface area contributed by atoms with E-state index in [-0.39, 0.29) is 5.91 Å². The predicted octanol–water partition coefficient (Wildman–Crippen LogP) is 4.92. The molecule has 1 aliphatic rings. The number of carbonyl (C=O) groups excluding carboxylic acids is 1. The molecule has 1 saturated heterocycles. The van der Waals surface area contributed by atoms with E-state index >= 15 is 0 Å². The van der Waals surface area contributed by atoms with Crippen LogP contribution in [-0.4, -0.2) is 51.3 Å². The van der Waals surface area contributed by atoms with Crippen molar-refractivity contribution < 1.29 is 23.7 Å². The Labute approximate surface area is 188 Å². The molecule has 3 aromatic rings. The van der Waals surface area contributed by atoms with Crippen LogP contribution in [0.25, 0.3) is 21.9 Å². The monoisotopic (exact) mass is 435 g/mol. The number of hydrogen-bond acceptors (Lipinski definition) is 5. The van der Waals surface area contributed by atoms with E-state index in [2.05, 4.69) is 6.07 Å². The third kappa shape index (κ3) is 4.05. The van der Waals surface area contributed by atoms with E-state index in [1.165, 1.54) is 0 Å². The van der Waals surface area contributed by atoms with E-state index in [1.807, 2.05) is 54.3 Å². The SMILES string of the molecule is COc1cc(-c2c(OC(C)C(=O)N3CCCC3)ccc3ccccc23)cc(OC)c1OC. The second-order valence-corrected chi connectivity index (χ2v) is 7.87. The van der Waals surface area contributed by atoms with E-state index < -0.39 is 6.10 Å². The van der Waals surface area contributed by atoms with E-state index in [4.69, 9.17) is 18.9 Å². The zero-order valence-electron chi connectivity index (χ0n) is 19.0. The molecule has 0 radical (unpaired) electrons. The maximum atomic E-state index is 12.9. The van der Waals surface area contributed by atoms with Crippen molar-refractivity contribution in [1.82, 2.24) is 4.90 Å². The van der Waals surface area contributed by atoms with Gasteiger partial charge in [0, 0.05) is 18.7 Å². The van der Waals surface area contributed by atoms with Crippen LogP contribution in [0.5, 0.6) is 23.0 Å². The van der Waals surface area contributed by atoms with E-state index in [0.717, 1.165) is 47.8 Å². The molecule has 1 fully saturated rings. The number of hydrogen-bond donors (Lipinski definition) is 0. The maximum Gasteiger partial charge on any atom is 0.263 e. The minimum Gasteiger partial charge on any atom is -0.493 e. The molecule has 0 spiro atoms. The highest BCUT2D eigenvalue weighted by Gasteiger charge is 2.26. The lowest BCUT2D eigenvalue weighted by Gasteiger charge is -2.23. The molecule has 1 amide bonds. The fraction of sp³-hybridized carbons (Fsp3) is 0.346. The first-order valence-corrected chi connectivity index (χ1v) is 10.8. The molecule has 168 valence electrons. The molecule has 3 aromatic carbocycles. The third-order valence-corrected chi connectivity index (χ3v) is 5.91. The fourth-order valence-corrected chi connectivity index (χ4v) is 4.31. The van der Waals surface area contributed by atoms with Gasteiger partial charge in [0.15, 0.2) is 17.6 Å². The number of benzene rings is 3. The molecular formula is C26H29NO5. The zero-order chi connectivity index (χ0) is 22.7. The van der Waals surface area contributed by atoms with Crippen molar-refractivity contribution in [3.8, 4) is 34.1 Å². The molecule has 0 saturated carbocycles. The summed E-state index contributed by atoms with van der Waals surface area (Å²) in [6.07, 6.45) is 1.51. The van der Waals surface area contributed by atoms with E-state index in [1.54, 1.807) is 21.3 Å². The predicted molar refractivity (Wildman–Crippen MR) is 125 cm³/mol. The number of fused-ring (bicyclic) bond motifs is 1. The van der Waals surface area contributed by atoms with Crippen molar-refractivity contribution in [1.29, 1.82) is 0 Å². The third-order valence-electron chi connectivity index (χ3n) is 5.91. The lowest BCUT2D eigenvalue weighted by Crippen LogP contribution is -2.38. The lowest BCUT2D eigenvalue weighted by atomic mass is 9.96.